The van der Waals surface area contributed by atoms with Crippen LogP contribution in [-0.4, -0.2) is 88.8 Å². The van der Waals surface area contributed by atoms with Gasteiger partial charge in [-0.05, 0) is 32.1 Å². The predicted molar refractivity (Wildman–Crippen MR) is 119 cm³/mol. The van der Waals surface area contributed by atoms with Crippen molar-refractivity contribution in [1.82, 2.24) is 15.5 Å². The van der Waals surface area contributed by atoms with E-state index < -0.39 is 0 Å². The molecule has 0 aromatic heterocycles. The summed E-state index contributed by atoms with van der Waals surface area (Å²) >= 11 is 0. The van der Waals surface area contributed by atoms with E-state index >= 15 is 0 Å². The molecule has 0 aromatic carbocycles. The van der Waals surface area contributed by atoms with Gasteiger partial charge in [-0.3, -0.25) is 9.89 Å². The van der Waals surface area contributed by atoms with Crippen LogP contribution >= 0.6 is 0 Å². The lowest BCUT2D eigenvalue weighted by Crippen LogP contribution is -2.49. The van der Waals surface area contributed by atoms with Crippen molar-refractivity contribution in [2.45, 2.75) is 65.0 Å². The molecule has 0 aromatic rings. The first-order valence-electron chi connectivity index (χ1n) is 11.8. The Morgan fingerprint density at radius 1 is 1.14 bits per heavy atom. The minimum atomic E-state index is 0.309. The van der Waals surface area contributed by atoms with Crippen LogP contribution in [-0.2, 0) is 14.2 Å². The second-order valence-corrected chi connectivity index (χ2v) is 8.00. The van der Waals surface area contributed by atoms with Gasteiger partial charge in [-0.25, -0.2) is 0 Å². The van der Waals surface area contributed by atoms with Crippen LogP contribution in [0.5, 0.6) is 0 Å². The van der Waals surface area contributed by atoms with Crippen LogP contribution in [0.25, 0.3) is 0 Å². The minimum absolute atomic E-state index is 0.309. The number of guanidine groups is 1. The maximum absolute atomic E-state index is 5.75. The summed E-state index contributed by atoms with van der Waals surface area (Å²) in [6.07, 6.45) is 5.97. The Morgan fingerprint density at radius 3 is 2.59 bits per heavy atom. The molecule has 2 fully saturated rings. The summed E-state index contributed by atoms with van der Waals surface area (Å²) in [6, 6.07) is 0.485. The summed E-state index contributed by atoms with van der Waals surface area (Å²) in [6.45, 7) is 15.4. The highest BCUT2D eigenvalue weighted by Crippen LogP contribution is 2.20. The van der Waals surface area contributed by atoms with Crippen molar-refractivity contribution in [1.29, 1.82) is 0 Å². The summed E-state index contributed by atoms with van der Waals surface area (Å²) in [7, 11) is 0. The molecule has 0 saturated carbocycles. The largest absolute Gasteiger partial charge is 0.379 e. The Kier molecular flexibility index (Phi) is 12.6. The van der Waals surface area contributed by atoms with Gasteiger partial charge in [-0.15, -0.1) is 0 Å². The van der Waals surface area contributed by atoms with Crippen LogP contribution in [0.15, 0.2) is 4.99 Å². The molecular formula is C22H44N4O3. The molecule has 0 bridgehead atoms. The Morgan fingerprint density at radius 2 is 1.93 bits per heavy atom. The van der Waals surface area contributed by atoms with Crippen LogP contribution in [0.1, 0.15) is 52.9 Å². The number of ether oxygens (including phenoxy) is 3. The monoisotopic (exact) mass is 412 g/mol. The molecule has 29 heavy (non-hydrogen) atoms. The number of nitrogens with zero attached hydrogens (tertiary/aromatic N) is 2. The van der Waals surface area contributed by atoms with E-state index in [0.29, 0.717) is 18.1 Å². The lowest BCUT2D eigenvalue weighted by molar-refractivity contribution is 0.00395. The molecule has 7 nitrogen and oxygen atoms in total. The van der Waals surface area contributed by atoms with Gasteiger partial charge in [0.05, 0.1) is 32.5 Å². The maximum Gasteiger partial charge on any atom is 0.191 e. The molecule has 170 valence electrons. The molecule has 2 aliphatic rings. The third-order valence-corrected chi connectivity index (χ3v) is 5.97. The van der Waals surface area contributed by atoms with Gasteiger partial charge >= 0.3 is 0 Å². The first kappa shape index (κ1) is 24.4. The molecule has 2 N–H and O–H groups in total. The number of aliphatic imine (C=N–C) groups is 1. The highest BCUT2D eigenvalue weighted by atomic mass is 16.5. The van der Waals surface area contributed by atoms with Gasteiger partial charge in [0, 0.05) is 45.4 Å². The fraction of sp³-hybridized carbons (Fsp3) is 0.955. The van der Waals surface area contributed by atoms with Gasteiger partial charge in [-0.1, -0.05) is 26.7 Å². The molecular weight excluding hydrogens is 368 g/mol. The molecule has 0 amide bonds. The number of nitrogens with one attached hydrogen (secondary N) is 2. The lowest BCUT2D eigenvalue weighted by Gasteiger charge is -2.38. The molecule has 2 rings (SSSR count). The van der Waals surface area contributed by atoms with Crippen molar-refractivity contribution in [3.05, 3.63) is 0 Å². The smallest absolute Gasteiger partial charge is 0.191 e. The third-order valence-electron chi connectivity index (χ3n) is 5.97. The quantitative estimate of drug-likeness (QED) is 0.275. The zero-order valence-electron chi connectivity index (χ0n) is 19.0. The van der Waals surface area contributed by atoms with E-state index in [9.17, 15) is 0 Å². The zero-order valence-corrected chi connectivity index (χ0v) is 19.0. The number of morpholine rings is 1. The first-order valence-corrected chi connectivity index (χ1v) is 11.8. The van der Waals surface area contributed by atoms with Gasteiger partial charge in [0.2, 0.25) is 0 Å². The Hall–Kier alpha value is -0.890. The van der Waals surface area contributed by atoms with Gasteiger partial charge in [0.15, 0.2) is 5.96 Å². The van der Waals surface area contributed by atoms with E-state index in [1.165, 1.54) is 19.3 Å². The number of hydrogen-bond acceptors (Lipinski definition) is 5. The lowest BCUT2D eigenvalue weighted by atomic mass is 9.92. The summed E-state index contributed by atoms with van der Waals surface area (Å²) in [4.78, 5) is 7.51. The summed E-state index contributed by atoms with van der Waals surface area (Å²) in [5.74, 6) is 1.58. The second kappa shape index (κ2) is 15.0. The highest BCUT2D eigenvalue weighted by Gasteiger charge is 2.26. The fourth-order valence-electron chi connectivity index (χ4n) is 4.20. The van der Waals surface area contributed by atoms with Crippen molar-refractivity contribution in [2.24, 2.45) is 10.9 Å². The maximum atomic E-state index is 5.75. The minimum Gasteiger partial charge on any atom is -0.379 e. The summed E-state index contributed by atoms with van der Waals surface area (Å²) in [5.41, 5.74) is 0. The van der Waals surface area contributed by atoms with Crippen LogP contribution in [0.3, 0.4) is 0 Å². The van der Waals surface area contributed by atoms with Gasteiger partial charge in [0.25, 0.3) is 0 Å². The van der Waals surface area contributed by atoms with Crippen LogP contribution in [0.2, 0.25) is 0 Å². The molecule has 0 radical (unpaired) electrons. The summed E-state index contributed by atoms with van der Waals surface area (Å²) < 4.78 is 16.9. The van der Waals surface area contributed by atoms with Crippen LogP contribution < -0.4 is 10.6 Å². The molecule has 2 aliphatic heterocycles. The topological polar surface area (TPSA) is 67.4 Å². The van der Waals surface area contributed by atoms with Crippen molar-refractivity contribution >= 4 is 5.96 Å². The predicted octanol–water partition coefficient (Wildman–Crippen LogP) is 2.26. The third kappa shape index (κ3) is 9.20. The van der Waals surface area contributed by atoms with Crippen molar-refractivity contribution in [3.63, 3.8) is 0 Å². The van der Waals surface area contributed by atoms with E-state index in [1.54, 1.807) is 0 Å². The Balaban J connectivity index is 1.76. The Bertz CT molecular complexity index is 434. The average molecular weight is 413 g/mol. The Labute approximate surface area is 177 Å². The standard InChI is InChI=1S/C22H44N4O3/c1-4-19(5-2)21(26-11-15-27-16-12-26)17-25-22(23-6-3)24-10-8-13-28-18-20-9-7-14-29-20/h19-21H,4-18H2,1-3H3,(H2,23,24,25). The van der Waals surface area contributed by atoms with Gasteiger partial charge in [-0.2, -0.15) is 0 Å². The molecule has 2 saturated heterocycles. The highest BCUT2D eigenvalue weighted by molar-refractivity contribution is 5.79. The van der Waals surface area contributed by atoms with Crippen LogP contribution in [0, 0.1) is 5.92 Å². The second-order valence-electron chi connectivity index (χ2n) is 8.00. The van der Waals surface area contributed by atoms with Gasteiger partial charge < -0.3 is 24.8 Å². The van der Waals surface area contributed by atoms with E-state index in [-0.39, 0.29) is 0 Å². The molecule has 2 heterocycles. The number of rotatable bonds is 13. The zero-order chi connectivity index (χ0) is 20.7. The normalized spacial score (nSPS) is 22.2. The fourth-order valence-corrected chi connectivity index (χ4v) is 4.20. The molecule has 2 atom stereocenters. The van der Waals surface area contributed by atoms with Crippen molar-refractivity contribution < 1.29 is 14.2 Å². The first-order chi connectivity index (χ1) is 14.3. The molecule has 7 heteroatoms. The van der Waals surface area contributed by atoms with E-state index in [4.69, 9.17) is 19.2 Å². The average Bonchev–Trinajstić information content (AvgIpc) is 3.27. The van der Waals surface area contributed by atoms with E-state index in [0.717, 1.165) is 84.6 Å². The van der Waals surface area contributed by atoms with Crippen molar-refractivity contribution in [2.75, 3.05) is 65.8 Å². The molecule has 2 unspecified atom stereocenters. The van der Waals surface area contributed by atoms with E-state index in [2.05, 4.69) is 36.3 Å². The van der Waals surface area contributed by atoms with E-state index in [1.807, 2.05) is 0 Å². The van der Waals surface area contributed by atoms with Gasteiger partial charge in [0.1, 0.15) is 0 Å². The molecule has 0 aliphatic carbocycles. The van der Waals surface area contributed by atoms with Crippen LogP contribution in [0.4, 0.5) is 0 Å². The number of hydrogen-bond donors (Lipinski definition) is 2. The van der Waals surface area contributed by atoms with Crippen molar-refractivity contribution in [3.8, 4) is 0 Å². The summed E-state index contributed by atoms with van der Waals surface area (Å²) in [5, 5.41) is 6.85. The SMILES string of the molecule is CCNC(=NCC(C(CC)CC)N1CCOCC1)NCCCOCC1CCCO1. The molecule has 0 spiro atoms.